The van der Waals surface area contributed by atoms with Gasteiger partial charge in [-0.3, -0.25) is 9.59 Å². The number of hydrogen-bond acceptors (Lipinski definition) is 3. The average Bonchev–Trinajstić information content (AvgIpc) is 2.47. The topological polar surface area (TPSA) is 46.6 Å². The minimum Gasteiger partial charge on any atom is -0.486 e. The van der Waals surface area contributed by atoms with Crippen molar-refractivity contribution in [3.63, 3.8) is 0 Å². The first kappa shape index (κ1) is 16.1. The molecular weight excluding hydrogens is 335 g/mol. The van der Waals surface area contributed by atoms with Gasteiger partial charge >= 0.3 is 12.1 Å². The molecule has 1 aromatic carbocycles. The molecule has 0 saturated carbocycles. The van der Waals surface area contributed by atoms with Crippen LogP contribution in [0.15, 0.2) is 18.2 Å². The Morgan fingerprint density at radius 1 is 1.26 bits per heavy atom. The van der Waals surface area contributed by atoms with Crippen molar-refractivity contribution >= 4 is 23.3 Å². The largest absolute Gasteiger partial charge is 0.486 e. The highest BCUT2D eigenvalue weighted by atomic mass is 35.5. The van der Waals surface area contributed by atoms with Crippen molar-refractivity contribution in [1.29, 1.82) is 0 Å². The molecule has 4 nitrogen and oxygen atoms in total. The molecule has 1 spiro atoms. The van der Waals surface area contributed by atoms with Crippen molar-refractivity contribution in [2.45, 2.75) is 31.0 Å². The third-order valence-electron chi connectivity index (χ3n) is 4.26. The van der Waals surface area contributed by atoms with Crippen LogP contribution >= 0.6 is 11.6 Å². The predicted octanol–water partition coefficient (Wildman–Crippen LogP) is 3.23. The number of Topliss-reactive ketones (excluding diaryl/α,β-unsaturated/α-hetero) is 1. The summed E-state index contributed by atoms with van der Waals surface area (Å²) in [4.78, 5) is 24.3. The Hall–Kier alpha value is -1.76. The van der Waals surface area contributed by atoms with E-state index in [1.165, 1.54) is 6.07 Å². The van der Waals surface area contributed by atoms with E-state index in [9.17, 15) is 22.8 Å². The first-order valence-corrected chi connectivity index (χ1v) is 7.46. The second-order valence-electron chi connectivity index (χ2n) is 5.82. The standard InChI is InChI=1S/C15H13ClF3NO3/c16-9-1-2-12-10(7-9)11(21)8-14(23-12)3-5-20(6-4-14)13(22)15(17,18)19/h1-2,7H,3-6,8H2. The van der Waals surface area contributed by atoms with Crippen LogP contribution in [-0.4, -0.2) is 41.5 Å². The molecule has 3 rings (SSSR count). The summed E-state index contributed by atoms with van der Waals surface area (Å²) in [5.41, 5.74) is -0.461. The Labute approximate surface area is 135 Å². The number of ketones is 1. The molecule has 2 heterocycles. The van der Waals surface area contributed by atoms with Crippen LogP contribution in [0, 0.1) is 0 Å². The number of ether oxygens (including phenoxy) is 1. The fourth-order valence-electron chi connectivity index (χ4n) is 3.04. The zero-order valence-electron chi connectivity index (χ0n) is 12.0. The Morgan fingerprint density at radius 3 is 2.52 bits per heavy atom. The van der Waals surface area contributed by atoms with Gasteiger partial charge < -0.3 is 9.64 Å². The number of likely N-dealkylation sites (tertiary alicyclic amines) is 1. The number of fused-ring (bicyclic) bond motifs is 1. The smallest absolute Gasteiger partial charge is 0.471 e. The number of carbonyl (C=O) groups excluding carboxylic acids is 2. The van der Waals surface area contributed by atoms with Gasteiger partial charge in [-0.05, 0) is 18.2 Å². The molecule has 1 aromatic rings. The van der Waals surface area contributed by atoms with Crippen molar-refractivity contribution in [2.24, 2.45) is 0 Å². The van der Waals surface area contributed by atoms with E-state index in [2.05, 4.69) is 0 Å². The van der Waals surface area contributed by atoms with E-state index in [1.807, 2.05) is 0 Å². The molecular formula is C15H13ClF3NO3. The maximum Gasteiger partial charge on any atom is 0.471 e. The molecule has 0 aliphatic carbocycles. The van der Waals surface area contributed by atoms with Gasteiger partial charge in [0.15, 0.2) is 5.78 Å². The molecule has 0 aromatic heterocycles. The molecule has 1 saturated heterocycles. The lowest BCUT2D eigenvalue weighted by atomic mass is 9.82. The van der Waals surface area contributed by atoms with Crippen LogP contribution in [0.5, 0.6) is 5.75 Å². The van der Waals surface area contributed by atoms with E-state index < -0.39 is 17.7 Å². The highest BCUT2D eigenvalue weighted by Gasteiger charge is 2.48. The zero-order chi connectivity index (χ0) is 16.8. The van der Waals surface area contributed by atoms with Gasteiger partial charge in [-0.1, -0.05) is 11.6 Å². The summed E-state index contributed by atoms with van der Waals surface area (Å²) >= 11 is 5.86. The van der Waals surface area contributed by atoms with Crippen molar-refractivity contribution < 1.29 is 27.5 Å². The lowest BCUT2D eigenvalue weighted by molar-refractivity contribution is -0.188. The molecule has 8 heteroatoms. The number of carbonyl (C=O) groups is 2. The molecule has 124 valence electrons. The molecule has 0 radical (unpaired) electrons. The average molecular weight is 348 g/mol. The van der Waals surface area contributed by atoms with Crippen LogP contribution in [0.4, 0.5) is 13.2 Å². The van der Waals surface area contributed by atoms with Crippen molar-refractivity contribution in [3.05, 3.63) is 28.8 Å². The highest BCUT2D eigenvalue weighted by molar-refractivity contribution is 6.31. The lowest BCUT2D eigenvalue weighted by Crippen LogP contribution is -2.54. The predicted molar refractivity (Wildman–Crippen MR) is 75.6 cm³/mol. The van der Waals surface area contributed by atoms with Crippen LogP contribution < -0.4 is 4.74 Å². The van der Waals surface area contributed by atoms with Crippen molar-refractivity contribution in [1.82, 2.24) is 4.90 Å². The summed E-state index contributed by atoms with van der Waals surface area (Å²) in [6.07, 6.45) is -4.43. The number of amides is 1. The molecule has 1 fully saturated rings. The third-order valence-corrected chi connectivity index (χ3v) is 4.49. The number of rotatable bonds is 0. The molecule has 0 unspecified atom stereocenters. The van der Waals surface area contributed by atoms with Gasteiger partial charge in [-0.25, -0.2) is 0 Å². The number of hydrogen-bond donors (Lipinski definition) is 0. The molecule has 23 heavy (non-hydrogen) atoms. The Kier molecular flexibility index (Phi) is 3.78. The van der Waals surface area contributed by atoms with Crippen LogP contribution in [0.1, 0.15) is 29.6 Å². The maximum atomic E-state index is 12.5. The first-order chi connectivity index (χ1) is 10.7. The van der Waals surface area contributed by atoms with Crippen LogP contribution in [0.2, 0.25) is 5.02 Å². The van der Waals surface area contributed by atoms with Crippen molar-refractivity contribution in [3.8, 4) is 5.75 Å². The Balaban J connectivity index is 1.76. The number of benzene rings is 1. The van der Waals surface area contributed by atoms with Gasteiger partial charge in [-0.2, -0.15) is 13.2 Å². The summed E-state index contributed by atoms with van der Waals surface area (Å²) in [5, 5.41) is 0.419. The summed E-state index contributed by atoms with van der Waals surface area (Å²) in [5.74, 6) is -1.60. The highest BCUT2D eigenvalue weighted by Crippen LogP contribution is 2.40. The molecule has 2 aliphatic rings. The number of alkyl halides is 3. The van der Waals surface area contributed by atoms with E-state index in [0.29, 0.717) is 16.3 Å². The summed E-state index contributed by atoms with van der Waals surface area (Å²) in [6, 6.07) is 4.70. The first-order valence-electron chi connectivity index (χ1n) is 7.08. The van der Waals surface area contributed by atoms with E-state index in [-0.39, 0.29) is 38.1 Å². The monoisotopic (exact) mass is 347 g/mol. The number of halogens is 4. The fraction of sp³-hybridized carbons (Fsp3) is 0.467. The Morgan fingerprint density at radius 2 is 1.91 bits per heavy atom. The number of nitrogens with zero attached hydrogens (tertiary/aromatic N) is 1. The van der Waals surface area contributed by atoms with Crippen LogP contribution in [0.3, 0.4) is 0 Å². The minimum atomic E-state index is -4.88. The van der Waals surface area contributed by atoms with E-state index >= 15 is 0 Å². The second-order valence-corrected chi connectivity index (χ2v) is 6.25. The van der Waals surface area contributed by atoms with E-state index in [0.717, 1.165) is 4.90 Å². The van der Waals surface area contributed by atoms with Gasteiger partial charge in [0.25, 0.3) is 0 Å². The zero-order valence-corrected chi connectivity index (χ0v) is 12.7. The molecule has 0 N–H and O–H groups in total. The van der Waals surface area contributed by atoms with Crippen LogP contribution in [0.25, 0.3) is 0 Å². The lowest BCUT2D eigenvalue weighted by Gasteiger charge is -2.44. The van der Waals surface area contributed by atoms with Gasteiger partial charge in [0.2, 0.25) is 0 Å². The SMILES string of the molecule is O=C1CC2(CCN(C(=O)C(F)(F)F)CC2)Oc2ccc(Cl)cc21. The molecule has 1 amide bonds. The van der Waals surface area contributed by atoms with Gasteiger partial charge in [0.05, 0.1) is 12.0 Å². The fourth-order valence-corrected chi connectivity index (χ4v) is 3.21. The molecule has 0 bridgehead atoms. The summed E-state index contributed by atoms with van der Waals surface area (Å²) in [6.45, 7) is -0.177. The number of piperidine rings is 1. The Bertz CT molecular complexity index is 666. The summed E-state index contributed by atoms with van der Waals surface area (Å²) in [7, 11) is 0. The molecule has 2 aliphatic heterocycles. The van der Waals surface area contributed by atoms with E-state index in [1.54, 1.807) is 12.1 Å². The minimum absolute atomic E-state index is 0.0778. The van der Waals surface area contributed by atoms with Crippen LogP contribution in [-0.2, 0) is 4.79 Å². The second kappa shape index (κ2) is 5.40. The third kappa shape index (κ3) is 3.02. The van der Waals surface area contributed by atoms with Gasteiger partial charge in [0, 0.05) is 31.0 Å². The summed E-state index contributed by atoms with van der Waals surface area (Å²) < 4.78 is 43.3. The van der Waals surface area contributed by atoms with E-state index in [4.69, 9.17) is 16.3 Å². The maximum absolute atomic E-state index is 12.5. The van der Waals surface area contributed by atoms with Crippen molar-refractivity contribution in [2.75, 3.05) is 13.1 Å². The van der Waals surface area contributed by atoms with Gasteiger partial charge in [0.1, 0.15) is 11.4 Å². The molecule has 0 atom stereocenters. The normalized spacial score (nSPS) is 20.2. The van der Waals surface area contributed by atoms with Gasteiger partial charge in [-0.15, -0.1) is 0 Å². The quantitative estimate of drug-likeness (QED) is 0.724.